The summed E-state index contributed by atoms with van der Waals surface area (Å²) in [7, 11) is -3.60. The van der Waals surface area contributed by atoms with Gasteiger partial charge in [0.1, 0.15) is 10.3 Å². The van der Waals surface area contributed by atoms with E-state index in [1.165, 1.54) is 22.5 Å². The topological polar surface area (TPSA) is 81.1 Å². The van der Waals surface area contributed by atoms with Gasteiger partial charge >= 0.3 is 6.18 Å². The van der Waals surface area contributed by atoms with E-state index in [-0.39, 0.29) is 28.4 Å². The van der Waals surface area contributed by atoms with E-state index in [0.29, 0.717) is 32.1 Å². The van der Waals surface area contributed by atoms with E-state index in [2.05, 4.69) is 11.8 Å². The maximum Gasteiger partial charge on any atom is 0.421 e. The van der Waals surface area contributed by atoms with Gasteiger partial charge in [0.25, 0.3) is 10.0 Å². The molecule has 11 heteroatoms. The third kappa shape index (κ3) is 5.36. The molecule has 180 valence electrons. The van der Waals surface area contributed by atoms with E-state index in [0.717, 1.165) is 11.3 Å². The number of nitrogens with zero attached hydrogens (tertiary/aromatic N) is 2. The molecule has 0 saturated carbocycles. The Balaban J connectivity index is 1.90. The molecule has 0 bridgehead atoms. The SMILES string of the molecule is CC[C@@H](O)C#Cc1cc(C(C)(O)C(F)(F)F)ccc1N1CCN(S(=O)(=O)c2cccs2)CC1. The molecule has 33 heavy (non-hydrogen) atoms. The van der Waals surface area contributed by atoms with Crippen molar-refractivity contribution in [3.63, 3.8) is 0 Å². The standard InChI is InChI=1S/C22H25F3N2O4S2/c1-3-18(28)8-6-16-15-17(21(2,29)22(23,24)25)7-9-19(16)26-10-12-27(13-11-26)33(30,31)20-5-4-14-32-20/h4-5,7,9,14-15,18,28-29H,3,10-13H2,1-2H3/t18-,21?/m1/s1. The molecule has 0 amide bonds. The van der Waals surface area contributed by atoms with Gasteiger partial charge in [-0.15, -0.1) is 11.3 Å². The van der Waals surface area contributed by atoms with Crippen molar-refractivity contribution in [1.82, 2.24) is 4.31 Å². The summed E-state index contributed by atoms with van der Waals surface area (Å²) in [5.41, 5.74) is -2.70. The van der Waals surface area contributed by atoms with E-state index < -0.39 is 27.9 Å². The van der Waals surface area contributed by atoms with Crippen LogP contribution >= 0.6 is 11.3 Å². The zero-order valence-corrected chi connectivity index (χ0v) is 19.8. The van der Waals surface area contributed by atoms with Crippen molar-refractivity contribution in [1.29, 1.82) is 0 Å². The molecule has 3 rings (SSSR count). The van der Waals surface area contributed by atoms with Gasteiger partial charge in [0.2, 0.25) is 0 Å². The molecule has 2 N–H and O–H groups in total. The number of halogens is 3. The predicted octanol–water partition coefficient (Wildman–Crippen LogP) is 3.15. The second kappa shape index (κ2) is 9.64. The van der Waals surface area contributed by atoms with Crippen LogP contribution in [0.15, 0.2) is 39.9 Å². The first-order chi connectivity index (χ1) is 15.4. The highest BCUT2D eigenvalue weighted by atomic mass is 32.2. The van der Waals surface area contributed by atoms with Gasteiger partial charge < -0.3 is 15.1 Å². The Bertz CT molecular complexity index is 1130. The number of alkyl halides is 3. The fourth-order valence-corrected chi connectivity index (χ4v) is 5.92. The zero-order chi connectivity index (χ0) is 24.4. The third-order valence-corrected chi connectivity index (χ3v) is 8.81. The summed E-state index contributed by atoms with van der Waals surface area (Å²) in [6, 6.07) is 7.03. The number of aliphatic hydroxyl groups excluding tert-OH is 1. The number of thiophene rings is 1. The number of aliphatic hydroxyl groups is 2. The molecular weight excluding hydrogens is 477 g/mol. The summed E-state index contributed by atoms with van der Waals surface area (Å²) < 4.78 is 67.2. The lowest BCUT2D eigenvalue weighted by Crippen LogP contribution is -2.48. The largest absolute Gasteiger partial charge is 0.421 e. The van der Waals surface area contributed by atoms with Crippen molar-refractivity contribution in [2.75, 3.05) is 31.1 Å². The fraction of sp³-hybridized carbons (Fsp3) is 0.455. The van der Waals surface area contributed by atoms with Gasteiger partial charge in [-0.2, -0.15) is 17.5 Å². The maximum absolute atomic E-state index is 13.3. The molecular formula is C22H25F3N2O4S2. The first-order valence-electron chi connectivity index (χ1n) is 10.3. The minimum Gasteiger partial charge on any atom is -0.380 e. The highest BCUT2D eigenvalue weighted by Gasteiger charge is 2.51. The third-order valence-electron chi connectivity index (χ3n) is 5.54. The molecule has 1 aliphatic rings. The van der Waals surface area contributed by atoms with Crippen LogP contribution in [0.5, 0.6) is 0 Å². The lowest BCUT2D eigenvalue weighted by atomic mass is 9.93. The van der Waals surface area contributed by atoms with Crippen molar-refractivity contribution in [2.45, 2.75) is 42.4 Å². The second-order valence-corrected chi connectivity index (χ2v) is 10.9. The minimum absolute atomic E-state index is 0.201. The van der Waals surface area contributed by atoms with Crippen LogP contribution in [-0.2, 0) is 15.6 Å². The summed E-state index contributed by atoms with van der Waals surface area (Å²) in [5, 5.41) is 21.6. The number of anilines is 1. The van der Waals surface area contributed by atoms with Crippen molar-refractivity contribution in [3.8, 4) is 11.8 Å². The first-order valence-corrected chi connectivity index (χ1v) is 12.6. The van der Waals surface area contributed by atoms with E-state index >= 15 is 0 Å². The van der Waals surface area contributed by atoms with Crippen LogP contribution in [0.2, 0.25) is 0 Å². The molecule has 1 aromatic heterocycles. The molecule has 1 saturated heterocycles. The van der Waals surface area contributed by atoms with Crippen LogP contribution in [0.1, 0.15) is 31.4 Å². The number of piperazine rings is 1. The predicted molar refractivity (Wildman–Crippen MR) is 121 cm³/mol. The molecule has 2 atom stereocenters. The summed E-state index contributed by atoms with van der Waals surface area (Å²) in [6.07, 6.45) is -5.48. The van der Waals surface area contributed by atoms with Gasteiger partial charge in [-0.3, -0.25) is 0 Å². The number of benzene rings is 1. The van der Waals surface area contributed by atoms with Crippen LogP contribution < -0.4 is 4.90 Å². The molecule has 1 fully saturated rings. The highest BCUT2D eigenvalue weighted by Crippen LogP contribution is 2.40. The van der Waals surface area contributed by atoms with Gasteiger partial charge in [0.05, 0.1) is 5.69 Å². The Labute approximate surface area is 195 Å². The second-order valence-electron chi connectivity index (χ2n) is 7.82. The number of rotatable bonds is 5. The van der Waals surface area contributed by atoms with Gasteiger partial charge in [-0.05, 0) is 42.5 Å². The average molecular weight is 503 g/mol. The lowest BCUT2D eigenvalue weighted by Gasteiger charge is -2.36. The van der Waals surface area contributed by atoms with Gasteiger partial charge in [-0.25, -0.2) is 8.42 Å². The van der Waals surface area contributed by atoms with Gasteiger partial charge in [0, 0.05) is 31.7 Å². The van der Waals surface area contributed by atoms with Crippen LogP contribution in [-0.4, -0.2) is 61.4 Å². The molecule has 0 radical (unpaired) electrons. The van der Waals surface area contributed by atoms with Crippen molar-refractivity contribution in [3.05, 3.63) is 46.8 Å². The zero-order valence-electron chi connectivity index (χ0n) is 18.1. The van der Waals surface area contributed by atoms with Crippen LogP contribution in [0, 0.1) is 11.8 Å². The van der Waals surface area contributed by atoms with E-state index in [4.69, 9.17) is 0 Å². The van der Waals surface area contributed by atoms with E-state index in [9.17, 15) is 31.8 Å². The van der Waals surface area contributed by atoms with Crippen molar-refractivity contribution in [2.24, 2.45) is 0 Å². The van der Waals surface area contributed by atoms with E-state index in [1.807, 2.05) is 4.90 Å². The maximum atomic E-state index is 13.3. The quantitative estimate of drug-likeness (QED) is 0.614. The monoisotopic (exact) mass is 502 g/mol. The number of sulfonamides is 1. The fourth-order valence-electron chi connectivity index (χ4n) is 3.35. The molecule has 2 heterocycles. The van der Waals surface area contributed by atoms with Crippen molar-refractivity contribution < 1.29 is 31.8 Å². The van der Waals surface area contributed by atoms with Crippen molar-refractivity contribution >= 4 is 27.0 Å². The number of hydrogen-bond donors (Lipinski definition) is 2. The summed E-state index contributed by atoms with van der Waals surface area (Å²) >= 11 is 1.14. The molecule has 0 aliphatic carbocycles. The first kappa shape index (κ1) is 25.5. The Hall–Kier alpha value is -2.10. The normalized spacial score (nSPS) is 18.3. The molecule has 1 aromatic carbocycles. The van der Waals surface area contributed by atoms with Crippen LogP contribution in [0.3, 0.4) is 0 Å². The van der Waals surface area contributed by atoms with Gasteiger partial charge in [-0.1, -0.05) is 30.9 Å². The Morgan fingerprint density at radius 3 is 2.39 bits per heavy atom. The molecule has 1 unspecified atom stereocenters. The molecule has 2 aromatic rings. The molecule has 1 aliphatic heterocycles. The summed E-state index contributed by atoms with van der Waals surface area (Å²) in [5.74, 6) is 5.35. The number of hydrogen-bond acceptors (Lipinski definition) is 6. The molecule has 6 nitrogen and oxygen atoms in total. The Morgan fingerprint density at radius 1 is 1.18 bits per heavy atom. The van der Waals surface area contributed by atoms with Crippen LogP contribution in [0.25, 0.3) is 0 Å². The Kier molecular flexibility index (Phi) is 7.45. The minimum atomic E-state index is -4.88. The van der Waals surface area contributed by atoms with Crippen LogP contribution in [0.4, 0.5) is 18.9 Å². The lowest BCUT2D eigenvalue weighted by molar-refractivity contribution is -0.258. The Morgan fingerprint density at radius 2 is 1.85 bits per heavy atom. The summed E-state index contributed by atoms with van der Waals surface area (Å²) in [6.45, 7) is 3.42. The van der Waals surface area contributed by atoms with Gasteiger partial charge in [0.15, 0.2) is 5.60 Å². The smallest absolute Gasteiger partial charge is 0.380 e. The average Bonchev–Trinajstić information content (AvgIpc) is 3.32. The summed E-state index contributed by atoms with van der Waals surface area (Å²) in [4.78, 5) is 1.84. The highest BCUT2D eigenvalue weighted by molar-refractivity contribution is 7.91. The molecule has 0 spiro atoms. The van der Waals surface area contributed by atoms with E-state index in [1.54, 1.807) is 24.4 Å².